The summed E-state index contributed by atoms with van der Waals surface area (Å²) in [5, 5.41) is 9.36. The SMILES string of the molecule is CCN1C(=CC=C2C=C(OC)C(=O)C(OC)=C2)C(C)(C)c2cc(C(=O)O)ccc21. The second kappa shape index (κ2) is 7.62. The van der Waals surface area contributed by atoms with E-state index in [9.17, 15) is 14.7 Å². The first-order valence-electron chi connectivity index (χ1n) is 9.38. The fourth-order valence-corrected chi connectivity index (χ4v) is 3.82. The summed E-state index contributed by atoms with van der Waals surface area (Å²) in [5.74, 6) is -0.778. The molecule has 0 atom stereocenters. The van der Waals surface area contributed by atoms with Crippen molar-refractivity contribution in [1.29, 1.82) is 0 Å². The van der Waals surface area contributed by atoms with Gasteiger partial charge in [-0.15, -0.1) is 0 Å². The third-order valence-electron chi connectivity index (χ3n) is 5.37. The number of allylic oxidation sites excluding steroid dienone is 6. The molecule has 1 aromatic rings. The molecule has 0 radical (unpaired) electrons. The number of carboxylic acid groups (broad SMARTS) is 1. The Morgan fingerprint density at radius 1 is 1.14 bits per heavy atom. The van der Waals surface area contributed by atoms with Crippen molar-refractivity contribution >= 4 is 17.4 Å². The van der Waals surface area contributed by atoms with Gasteiger partial charge in [-0.05, 0) is 54.5 Å². The van der Waals surface area contributed by atoms with Crippen LogP contribution in [-0.2, 0) is 19.7 Å². The molecular weight excluding hydrogens is 370 g/mol. The maximum absolute atomic E-state index is 12.1. The van der Waals surface area contributed by atoms with Crippen LogP contribution in [0.4, 0.5) is 5.69 Å². The van der Waals surface area contributed by atoms with Crippen molar-refractivity contribution < 1.29 is 24.2 Å². The van der Waals surface area contributed by atoms with Crippen molar-refractivity contribution in [2.75, 3.05) is 25.7 Å². The number of carbonyl (C=O) groups excluding carboxylic acids is 1. The molecule has 0 amide bonds. The molecule has 0 bridgehead atoms. The van der Waals surface area contributed by atoms with Crippen LogP contribution >= 0.6 is 0 Å². The Bertz CT molecular complexity index is 969. The van der Waals surface area contributed by atoms with Gasteiger partial charge in [-0.1, -0.05) is 19.9 Å². The Morgan fingerprint density at radius 3 is 2.28 bits per heavy atom. The summed E-state index contributed by atoms with van der Waals surface area (Å²) in [5.41, 5.74) is 3.70. The Kier molecular flexibility index (Phi) is 5.38. The van der Waals surface area contributed by atoms with Gasteiger partial charge in [0.25, 0.3) is 5.78 Å². The monoisotopic (exact) mass is 395 g/mol. The Morgan fingerprint density at radius 2 is 1.76 bits per heavy atom. The highest BCUT2D eigenvalue weighted by Gasteiger charge is 2.39. The average Bonchev–Trinajstić information content (AvgIpc) is 2.92. The molecule has 1 heterocycles. The zero-order valence-corrected chi connectivity index (χ0v) is 17.3. The van der Waals surface area contributed by atoms with E-state index in [1.807, 2.05) is 18.2 Å². The normalized spacial score (nSPS) is 18.9. The average molecular weight is 395 g/mol. The van der Waals surface area contributed by atoms with Gasteiger partial charge in [-0.3, -0.25) is 4.79 Å². The second-order valence-corrected chi connectivity index (χ2v) is 7.38. The highest BCUT2D eigenvalue weighted by Crippen LogP contribution is 2.48. The molecule has 6 heteroatoms. The number of benzene rings is 1. The molecule has 0 saturated heterocycles. The van der Waals surface area contributed by atoms with Gasteiger partial charge in [0.1, 0.15) is 0 Å². The molecule has 1 aliphatic carbocycles. The summed E-state index contributed by atoms with van der Waals surface area (Å²) in [4.78, 5) is 25.7. The van der Waals surface area contributed by atoms with Crippen LogP contribution in [0, 0.1) is 0 Å². The van der Waals surface area contributed by atoms with Crippen molar-refractivity contribution in [3.8, 4) is 0 Å². The van der Waals surface area contributed by atoms with Gasteiger partial charge in [-0.25, -0.2) is 4.79 Å². The van der Waals surface area contributed by atoms with E-state index in [2.05, 4.69) is 25.7 Å². The molecule has 2 aliphatic rings. The molecule has 0 fully saturated rings. The van der Waals surface area contributed by atoms with Crippen LogP contribution < -0.4 is 4.90 Å². The fraction of sp³-hybridized carbons (Fsp3) is 0.304. The third-order valence-corrected chi connectivity index (χ3v) is 5.37. The summed E-state index contributed by atoms with van der Waals surface area (Å²) < 4.78 is 10.3. The van der Waals surface area contributed by atoms with Gasteiger partial charge in [0.15, 0.2) is 11.5 Å². The maximum atomic E-state index is 12.1. The number of nitrogens with zero attached hydrogens (tertiary/aromatic N) is 1. The van der Waals surface area contributed by atoms with Crippen molar-refractivity contribution in [2.45, 2.75) is 26.2 Å². The van der Waals surface area contributed by atoms with Crippen LogP contribution in [0.2, 0.25) is 0 Å². The Hall–Kier alpha value is -3.28. The molecule has 0 spiro atoms. The molecule has 1 aliphatic heterocycles. The van der Waals surface area contributed by atoms with Crippen molar-refractivity contribution in [1.82, 2.24) is 0 Å². The van der Waals surface area contributed by atoms with E-state index in [0.29, 0.717) is 0 Å². The number of likely N-dealkylation sites (N-methyl/N-ethyl adjacent to an activating group) is 1. The van der Waals surface area contributed by atoms with Gasteiger partial charge in [0, 0.05) is 23.3 Å². The van der Waals surface area contributed by atoms with Crippen LogP contribution in [0.25, 0.3) is 0 Å². The quantitative estimate of drug-likeness (QED) is 0.813. The number of ether oxygens (including phenoxy) is 2. The minimum Gasteiger partial charge on any atom is -0.492 e. The van der Waals surface area contributed by atoms with Crippen LogP contribution in [-0.4, -0.2) is 37.6 Å². The molecule has 152 valence electrons. The fourth-order valence-electron chi connectivity index (χ4n) is 3.82. The number of methoxy groups -OCH3 is 2. The second-order valence-electron chi connectivity index (χ2n) is 7.38. The van der Waals surface area contributed by atoms with E-state index < -0.39 is 5.97 Å². The third kappa shape index (κ3) is 3.46. The molecule has 0 saturated carbocycles. The Labute approximate surface area is 170 Å². The van der Waals surface area contributed by atoms with Crippen molar-refractivity contribution in [3.05, 3.63) is 76.4 Å². The van der Waals surface area contributed by atoms with Gasteiger partial charge >= 0.3 is 5.97 Å². The Balaban J connectivity index is 2.08. The number of carboxylic acids is 1. The first-order chi connectivity index (χ1) is 13.7. The number of ketones is 1. The lowest BCUT2D eigenvalue weighted by Gasteiger charge is -2.26. The number of rotatable bonds is 5. The van der Waals surface area contributed by atoms with Crippen LogP contribution in [0.15, 0.2) is 65.3 Å². The van der Waals surface area contributed by atoms with Crippen LogP contribution in [0.3, 0.4) is 0 Å². The van der Waals surface area contributed by atoms with E-state index in [4.69, 9.17) is 9.47 Å². The topological polar surface area (TPSA) is 76.1 Å². The van der Waals surface area contributed by atoms with E-state index >= 15 is 0 Å². The largest absolute Gasteiger partial charge is 0.492 e. The first kappa shape index (κ1) is 20.5. The number of Topliss-reactive ketones (excluding diaryl/α,β-unsaturated/α-hetero) is 1. The summed E-state index contributed by atoms with van der Waals surface area (Å²) in [6.07, 6.45) is 7.27. The summed E-state index contributed by atoms with van der Waals surface area (Å²) >= 11 is 0. The van der Waals surface area contributed by atoms with Crippen LogP contribution in [0.1, 0.15) is 36.7 Å². The maximum Gasteiger partial charge on any atom is 0.335 e. The lowest BCUT2D eigenvalue weighted by atomic mass is 9.83. The first-order valence-corrected chi connectivity index (χ1v) is 9.38. The van der Waals surface area contributed by atoms with Crippen molar-refractivity contribution in [3.63, 3.8) is 0 Å². The van der Waals surface area contributed by atoms with E-state index in [0.717, 1.165) is 29.1 Å². The van der Waals surface area contributed by atoms with E-state index in [1.54, 1.807) is 24.3 Å². The number of anilines is 1. The van der Waals surface area contributed by atoms with Crippen molar-refractivity contribution in [2.24, 2.45) is 0 Å². The highest BCUT2D eigenvalue weighted by molar-refractivity contribution is 6.07. The lowest BCUT2D eigenvalue weighted by Crippen LogP contribution is -2.25. The summed E-state index contributed by atoms with van der Waals surface area (Å²) in [7, 11) is 2.90. The highest BCUT2D eigenvalue weighted by atomic mass is 16.5. The van der Waals surface area contributed by atoms with Crippen LogP contribution in [0.5, 0.6) is 0 Å². The molecule has 1 N–H and O–H groups in total. The zero-order valence-electron chi connectivity index (χ0n) is 17.3. The predicted molar refractivity (Wildman–Crippen MR) is 111 cm³/mol. The lowest BCUT2D eigenvalue weighted by molar-refractivity contribution is -0.117. The zero-order chi connectivity index (χ0) is 21.3. The standard InChI is InChI=1S/C23H25NO5/c1-6-24-17-9-8-15(22(26)27)13-16(17)23(2,3)20(24)10-7-14-11-18(28-4)21(25)19(12-14)29-5/h7-13H,6H2,1-5H3,(H,26,27). The minimum absolute atomic E-state index is 0.224. The summed E-state index contributed by atoms with van der Waals surface area (Å²) in [6, 6.07) is 5.25. The number of fused-ring (bicyclic) bond motifs is 1. The molecule has 29 heavy (non-hydrogen) atoms. The number of carbonyl (C=O) groups is 2. The molecule has 0 aromatic heterocycles. The molecular formula is C23H25NO5. The van der Waals surface area contributed by atoms with Gasteiger partial charge in [0.05, 0.1) is 19.8 Å². The summed E-state index contributed by atoms with van der Waals surface area (Å²) in [6.45, 7) is 6.96. The van der Waals surface area contributed by atoms with Gasteiger partial charge < -0.3 is 19.5 Å². The molecule has 3 rings (SSSR count). The van der Waals surface area contributed by atoms with Gasteiger partial charge in [-0.2, -0.15) is 0 Å². The smallest absolute Gasteiger partial charge is 0.335 e. The molecule has 1 aromatic carbocycles. The molecule has 6 nitrogen and oxygen atoms in total. The molecule has 0 unspecified atom stereocenters. The van der Waals surface area contributed by atoms with Gasteiger partial charge in [0.2, 0.25) is 0 Å². The minimum atomic E-state index is -0.937. The van der Waals surface area contributed by atoms with E-state index in [-0.39, 0.29) is 28.3 Å². The predicted octanol–water partition coefficient (Wildman–Crippen LogP) is 3.96. The number of hydrogen-bond donors (Lipinski definition) is 1. The van der Waals surface area contributed by atoms with E-state index in [1.165, 1.54) is 14.2 Å². The number of hydrogen-bond acceptors (Lipinski definition) is 5. The number of aromatic carboxylic acids is 1.